The van der Waals surface area contributed by atoms with E-state index in [1.807, 2.05) is 0 Å². The Morgan fingerprint density at radius 3 is 2.48 bits per heavy atom. The first kappa shape index (κ1) is 15.7. The van der Waals surface area contributed by atoms with E-state index in [9.17, 15) is 13.6 Å². The minimum absolute atomic E-state index is 0.218. The largest absolute Gasteiger partial charge is 0.396 e. The summed E-state index contributed by atoms with van der Waals surface area (Å²) in [6.07, 6.45) is 5.64. The minimum atomic E-state index is -0.984. The Morgan fingerprint density at radius 2 is 1.86 bits per heavy atom. The van der Waals surface area contributed by atoms with Gasteiger partial charge in [-0.2, -0.15) is 0 Å². The first-order valence-electron chi connectivity index (χ1n) is 7.54. The number of nitrogen functional groups attached to an aromatic ring is 1. The molecule has 0 atom stereocenters. The molecule has 0 unspecified atom stereocenters. The fourth-order valence-electron chi connectivity index (χ4n) is 2.95. The van der Waals surface area contributed by atoms with Gasteiger partial charge in [0.15, 0.2) is 5.82 Å². The number of hydrogen-bond donors (Lipinski definition) is 2. The summed E-state index contributed by atoms with van der Waals surface area (Å²) in [5, 5.41) is 2.64. The van der Waals surface area contributed by atoms with E-state index in [2.05, 4.69) is 12.2 Å². The zero-order valence-electron chi connectivity index (χ0n) is 12.3. The van der Waals surface area contributed by atoms with Gasteiger partial charge >= 0.3 is 0 Å². The molecule has 21 heavy (non-hydrogen) atoms. The van der Waals surface area contributed by atoms with Crippen molar-refractivity contribution >= 4 is 11.6 Å². The molecule has 1 aromatic rings. The first-order valence-corrected chi connectivity index (χ1v) is 7.54. The van der Waals surface area contributed by atoms with Crippen LogP contribution in [0.1, 0.15) is 49.4 Å². The lowest BCUT2D eigenvalue weighted by Crippen LogP contribution is -2.32. The molecule has 116 valence electrons. The van der Waals surface area contributed by atoms with Crippen molar-refractivity contribution in [1.29, 1.82) is 0 Å². The highest BCUT2D eigenvalue weighted by Crippen LogP contribution is 2.30. The van der Waals surface area contributed by atoms with Crippen molar-refractivity contribution in [2.45, 2.75) is 39.0 Å². The fraction of sp³-hybridized carbons (Fsp3) is 0.562. The van der Waals surface area contributed by atoms with E-state index in [1.54, 1.807) is 0 Å². The van der Waals surface area contributed by atoms with Crippen LogP contribution < -0.4 is 11.1 Å². The maximum absolute atomic E-state index is 13.7. The number of nitrogens with two attached hydrogens (primary N) is 1. The van der Waals surface area contributed by atoms with Gasteiger partial charge in [-0.25, -0.2) is 8.78 Å². The highest BCUT2D eigenvalue weighted by molar-refractivity contribution is 5.95. The Hall–Kier alpha value is -1.65. The maximum Gasteiger partial charge on any atom is 0.257 e. The quantitative estimate of drug-likeness (QED) is 0.836. The third kappa shape index (κ3) is 3.71. The summed E-state index contributed by atoms with van der Waals surface area (Å²) in [5.41, 5.74) is 4.57. The smallest absolute Gasteiger partial charge is 0.257 e. The van der Waals surface area contributed by atoms with Crippen molar-refractivity contribution in [2.75, 3.05) is 12.3 Å². The maximum atomic E-state index is 13.7. The van der Waals surface area contributed by atoms with E-state index in [0.29, 0.717) is 12.5 Å². The normalized spacial score (nSPS) is 22.0. The van der Waals surface area contributed by atoms with Crippen LogP contribution in [0.4, 0.5) is 14.5 Å². The van der Waals surface area contributed by atoms with Gasteiger partial charge in [0, 0.05) is 6.54 Å². The minimum Gasteiger partial charge on any atom is -0.396 e. The van der Waals surface area contributed by atoms with Crippen LogP contribution in [-0.4, -0.2) is 12.5 Å². The average Bonchev–Trinajstić information content (AvgIpc) is 2.50. The highest BCUT2D eigenvalue weighted by Gasteiger charge is 2.23. The zero-order chi connectivity index (χ0) is 15.4. The number of amides is 1. The predicted molar refractivity (Wildman–Crippen MR) is 78.8 cm³/mol. The van der Waals surface area contributed by atoms with Gasteiger partial charge in [-0.1, -0.05) is 26.2 Å². The van der Waals surface area contributed by atoms with Gasteiger partial charge < -0.3 is 11.1 Å². The van der Waals surface area contributed by atoms with Crippen molar-refractivity contribution in [3.63, 3.8) is 0 Å². The monoisotopic (exact) mass is 296 g/mol. The van der Waals surface area contributed by atoms with Gasteiger partial charge in [0.05, 0.1) is 5.69 Å². The van der Waals surface area contributed by atoms with Crippen molar-refractivity contribution in [1.82, 2.24) is 5.32 Å². The second kappa shape index (κ2) is 6.87. The Morgan fingerprint density at radius 1 is 1.24 bits per heavy atom. The molecule has 0 aliphatic heterocycles. The lowest BCUT2D eigenvalue weighted by Gasteiger charge is -2.27. The molecule has 1 amide bonds. The molecule has 1 aromatic carbocycles. The number of anilines is 1. The molecule has 3 nitrogen and oxygen atoms in total. The Balaban J connectivity index is 1.93. The van der Waals surface area contributed by atoms with Crippen LogP contribution in [-0.2, 0) is 0 Å². The summed E-state index contributed by atoms with van der Waals surface area (Å²) in [7, 11) is 0. The van der Waals surface area contributed by atoms with E-state index >= 15 is 0 Å². The fourth-order valence-corrected chi connectivity index (χ4v) is 2.95. The third-order valence-electron chi connectivity index (χ3n) is 4.44. The highest BCUT2D eigenvalue weighted by atomic mass is 19.1. The first-order chi connectivity index (χ1) is 10.0. The molecule has 0 radical (unpaired) electrons. The van der Waals surface area contributed by atoms with Crippen molar-refractivity contribution < 1.29 is 13.6 Å². The molecule has 1 saturated carbocycles. The van der Waals surface area contributed by atoms with Crippen LogP contribution in [0.5, 0.6) is 0 Å². The van der Waals surface area contributed by atoms with E-state index in [1.165, 1.54) is 6.42 Å². The number of carbonyl (C=O) groups is 1. The average molecular weight is 296 g/mol. The van der Waals surface area contributed by atoms with Crippen LogP contribution in [0.2, 0.25) is 0 Å². The molecule has 0 aromatic heterocycles. The molecular formula is C16H22F2N2O. The molecule has 0 saturated heterocycles. The van der Waals surface area contributed by atoms with Crippen molar-refractivity contribution in [2.24, 2.45) is 11.8 Å². The lowest BCUT2D eigenvalue weighted by atomic mass is 9.81. The van der Waals surface area contributed by atoms with Gasteiger partial charge in [0.25, 0.3) is 5.91 Å². The predicted octanol–water partition coefficient (Wildman–Crippen LogP) is 3.49. The number of carbonyl (C=O) groups excluding carboxylic acids is 1. The van der Waals surface area contributed by atoms with Gasteiger partial charge in [0.1, 0.15) is 11.4 Å². The molecule has 0 bridgehead atoms. The number of halogens is 2. The van der Waals surface area contributed by atoms with E-state index in [0.717, 1.165) is 43.7 Å². The van der Waals surface area contributed by atoms with Crippen molar-refractivity contribution in [3.05, 3.63) is 29.3 Å². The van der Waals surface area contributed by atoms with Crippen molar-refractivity contribution in [3.8, 4) is 0 Å². The molecule has 0 heterocycles. The second-order valence-corrected chi connectivity index (χ2v) is 5.83. The summed E-state index contributed by atoms with van der Waals surface area (Å²) in [6.45, 7) is 2.65. The van der Waals surface area contributed by atoms with E-state index < -0.39 is 23.1 Å². The van der Waals surface area contributed by atoms with Crippen LogP contribution >= 0.6 is 0 Å². The van der Waals surface area contributed by atoms with E-state index in [-0.39, 0.29) is 5.69 Å². The molecule has 1 aliphatic carbocycles. The number of hydrogen-bond acceptors (Lipinski definition) is 2. The molecular weight excluding hydrogens is 274 g/mol. The number of nitrogens with one attached hydrogen (secondary N) is 1. The zero-order valence-corrected chi connectivity index (χ0v) is 12.3. The van der Waals surface area contributed by atoms with Gasteiger partial charge in [-0.05, 0) is 36.8 Å². The van der Waals surface area contributed by atoms with Gasteiger partial charge in [-0.15, -0.1) is 0 Å². The Kier molecular flexibility index (Phi) is 5.15. The third-order valence-corrected chi connectivity index (χ3v) is 4.44. The summed E-state index contributed by atoms with van der Waals surface area (Å²) in [6, 6.07) is 2.13. The molecule has 3 N–H and O–H groups in total. The Bertz CT molecular complexity index is 511. The molecule has 5 heteroatoms. The summed E-state index contributed by atoms with van der Waals surface area (Å²) < 4.78 is 27.3. The van der Waals surface area contributed by atoms with Crippen LogP contribution in [0.15, 0.2) is 12.1 Å². The molecule has 1 aliphatic rings. The summed E-state index contributed by atoms with van der Waals surface area (Å²) >= 11 is 0. The summed E-state index contributed by atoms with van der Waals surface area (Å²) in [5.74, 6) is -1.42. The number of rotatable bonds is 4. The molecule has 0 spiro atoms. The Labute approximate surface area is 123 Å². The molecule has 2 rings (SSSR count). The number of benzene rings is 1. The van der Waals surface area contributed by atoms with Gasteiger partial charge in [0.2, 0.25) is 0 Å². The van der Waals surface area contributed by atoms with Crippen LogP contribution in [0, 0.1) is 23.5 Å². The van der Waals surface area contributed by atoms with Crippen LogP contribution in [0.3, 0.4) is 0 Å². The van der Waals surface area contributed by atoms with E-state index in [4.69, 9.17) is 5.73 Å². The standard InChI is InChI=1S/C16H22F2N2O/c1-2-10-3-5-11(6-4-10)9-20-16(21)14-12(17)7-8-13(19)15(14)18/h7-8,10-11H,2-6,9,19H2,1H3,(H,20,21). The SMILES string of the molecule is CCC1CCC(CNC(=O)c2c(F)ccc(N)c2F)CC1. The molecule has 1 fully saturated rings. The lowest BCUT2D eigenvalue weighted by molar-refractivity contribution is 0.0933. The second-order valence-electron chi connectivity index (χ2n) is 5.83. The summed E-state index contributed by atoms with van der Waals surface area (Å²) in [4.78, 5) is 12.0. The van der Waals surface area contributed by atoms with Gasteiger partial charge in [-0.3, -0.25) is 4.79 Å². The van der Waals surface area contributed by atoms with Crippen LogP contribution in [0.25, 0.3) is 0 Å². The topological polar surface area (TPSA) is 55.1 Å².